The van der Waals surface area contributed by atoms with Gasteiger partial charge in [-0.3, -0.25) is 11.3 Å². The second-order valence-electron chi connectivity index (χ2n) is 4.62. The van der Waals surface area contributed by atoms with Gasteiger partial charge in [0.25, 0.3) is 0 Å². The summed E-state index contributed by atoms with van der Waals surface area (Å²) in [6.45, 7) is 2.20. The largest absolute Gasteiger partial charge is 0.271 e. The van der Waals surface area contributed by atoms with Gasteiger partial charge in [-0.2, -0.15) is 0 Å². The monoisotopic (exact) mass is 316 g/mol. The van der Waals surface area contributed by atoms with Gasteiger partial charge in [0.2, 0.25) is 0 Å². The standard InChI is InChI=1S/C14H22BrFN2/c1-2-3-4-5-6-7-14(18-17)11-8-12(15)10-13(16)9-11/h8-10,14,18H,2-7,17H2,1H3. The Bertz CT molecular complexity index is 337. The molecule has 0 radical (unpaired) electrons. The molecule has 3 N–H and O–H groups in total. The summed E-state index contributed by atoms with van der Waals surface area (Å²) in [5, 5.41) is 0. The predicted octanol–water partition coefficient (Wildman–Crippen LogP) is 4.45. The van der Waals surface area contributed by atoms with Crippen molar-refractivity contribution in [3.8, 4) is 0 Å². The lowest BCUT2D eigenvalue weighted by Crippen LogP contribution is -2.28. The fourth-order valence-corrected chi connectivity index (χ4v) is 2.56. The minimum absolute atomic E-state index is 0.0265. The van der Waals surface area contributed by atoms with Gasteiger partial charge in [0.05, 0.1) is 0 Å². The molecule has 2 nitrogen and oxygen atoms in total. The van der Waals surface area contributed by atoms with Gasteiger partial charge in [-0.25, -0.2) is 4.39 Å². The minimum Gasteiger partial charge on any atom is -0.271 e. The fraction of sp³-hybridized carbons (Fsp3) is 0.571. The van der Waals surface area contributed by atoms with Crippen molar-refractivity contribution in [3.63, 3.8) is 0 Å². The Hall–Kier alpha value is -0.450. The number of nitrogens with one attached hydrogen (secondary N) is 1. The zero-order valence-corrected chi connectivity index (χ0v) is 12.5. The second kappa shape index (κ2) is 8.62. The van der Waals surface area contributed by atoms with Crippen LogP contribution >= 0.6 is 15.9 Å². The first-order valence-electron chi connectivity index (χ1n) is 6.59. The summed E-state index contributed by atoms with van der Waals surface area (Å²) in [6, 6.07) is 4.94. The number of hydrogen-bond donors (Lipinski definition) is 2. The third-order valence-corrected chi connectivity index (χ3v) is 3.54. The Kier molecular flexibility index (Phi) is 7.47. The molecule has 102 valence electrons. The molecular formula is C14H22BrFN2. The molecule has 1 unspecified atom stereocenters. The van der Waals surface area contributed by atoms with Gasteiger partial charge in [-0.15, -0.1) is 0 Å². The molecule has 0 amide bonds. The van der Waals surface area contributed by atoms with Crippen LogP contribution in [0.15, 0.2) is 22.7 Å². The minimum atomic E-state index is -0.231. The summed E-state index contributed by atoms with van der Waals surface area (Å²) >= 11 is 3.30. The van der Waals surface area contributed by atoms with Crippen LogP contribution < -0.4 is 11.3 Å². The fourth-order valence-electron chi connectivity index (χ4n) is 2.07. The van der Waals surface area contributed by atoms with Crippen LogP contribution in [0.5, 0.6) is 0 Å². The Labute approximate surface area is 117 Å². The second-order valence-corrected chi connectivity index (χ2v) is 5.54. The summed E-state index contributed by atoms with van der Waals surface area (Å²) in [4.78, 5) is 0. The number of halogens is 2. The third kappa shape index (κ3) is 5.46. The van der Waals surface area contributed by atoms with E-state index in [9.17, 15) is 4.39 Å². The van der Waals surface area contributed by atoms with E-state index in [2.05, 4.69) is 28.3 Å². The maximum Gasteiger partial charge on any atom is 0.124 e. The van der Waals surface area contributed by atoms with E-state index in [4.69, 9.17) is 5.84 Å². The smallest absolute Gasteiger partial charge is 0.124 e. The highest BCUT2D eigenvalue weighted by molar-refractivity contribution is 9.10. The van der Waals surface area contributed by atoms with E-state index < -0.39 is 0 Å². The predicted molar refractivity (Wildman–Crippen MR) is 77.5 cm³/mol. The molecule has 1 rings (SSSR count). The number of nitrogens with two attached hydrogens (primary N) is 1. The van der Waals surface area contributed by atoms with E-state index in [0.717, 1.165) is 22.9 Å². The molecule has 0 spiro atoms. The zero-order chi connectivity index (χ0) is 13.4. The van der Waals surface area contributed by atoms with Crippen molar-refractivity contribution in [2.75, 3.05) is 0 Å². The molecule has 0 aliphatic carbocycles. The number of hydrogen-bond acceptors (Lipinski definition) is 2. The normalized spacial score (nSPS) is 12.7. The van der Waals surface area contributed by atoms with Crippen molar-refractivity contribution < 1.29 is 4.39 Å². The molecule has 0 heterocycles. The molecule has 0 saturated carbocycles. The van der Waals surface area contributed by atoms with Crippen LogP contribution in [0, 0.1) is 5.82 Å². The maximum atomic E-state index is 13.3. The molecule has 0 aliphatic rings. The van der Waals surface area contributed by atoms with Crippen molar-refractivity contribution in [3.05, 3.63) is 34.1 Å². The molecule has 0 aliphatic heterocycles. The van der Waals surface area contributed by atoms with E-state index in [1.165, 1.54) is 31.7 Å². The Balaban J connectivity index is 2.49. The number of unbranched alkanes of at least 4 members (excludes halogenated alkanes) is 4. The lowest BCUT2D eigenvalue weighted by atomic mass is 10.0. The van der Waals surface area contributed by atoms with Crippen molar-refractivity contribution in [1.82, 2.24) is 5.43 Å². The van der Waals surface area contributed by atoms with Gasteiger partial charge in [-0.1, -0.05) is 55.0 Å². The number of benzene rings is 1. The SMILES string of the molecule is CCCCCCCC(NN)c1cc(F)cc(Br)c1. The molecule has 4 heteroatoms. The van der Waals surface area contributed by atoms with Gasteiger partial charge in [0.15, 0.2) is 0 Å². The highest BCUT2D eigenvalue weighted by Gasteiger charge is 2.11. The van der Waals surface area contributed by atoms with E-state index in [1.807, 2.05) is 6.07 Å². The summed E-state index contributed by atoms with van der Waals surface area (Å²) in [5.74, 6) is 5.33. The van der Waals surface area contributed by atoms with Crippen LogP contribution in [0.2, 0.25) is 0 Å². The van der Waals surface area contributed by atoms with Crippen LogP contribution in [0.4, 0.5) is 4.39 Å². The van der Waals surface area contributed by atoms with Crippen molar-refractivity contribution in [2.45, 2.75) is 51.5 Å². The molecule has 1 aromatic rings. The average molecular weight is 317 g/mol. The molecule has 0 bridgehead atoms. The molecule has 0 saturated heterocycles. The van der Waals surface area contributed by atoms with Gasteiger partial charge in [-0.05, 0) is 30.2 Å². The summed E-state index contributed by atoms with van der Waals surface area (Å²) in [5.41, 5.74) is 3.68. The van der Waals surface area contributed by atoms with Crippen LogP contribution in [-0.2, 0) is 0 Å². The Morgan fingerprint density at radius 1 is 1.22 bits per heavy atom. The van der Waals surface area contributed by atoms with Gasteiger partial charge < -0.3 is 0 Å². The summed E-state index contributed by atoms with van der Waals surface area (Å²) < 4.78 is 14.1. The lowest BCUT2D eigenvalue weighted by molar-refractivity contribution is 0.476. The maximum absolute atomic E-state index is 13.3. The van der Waals surface area contributed by atoms with E-state index in [1.54, 1.807) is 6.07 Å². The number of hydrazine groups is 1. The highest BCUT2D eigenvalue weighted by atomic mass is 79.9. The molecule has 0 fully saturated rings. The van der Waals surface area contributed by atoms with Crippen LogP contribution in [0.3, 0.4) is 0 Å². The van der Waals surface area contributed by atoms with E-state index >= 15 is 0 Å². The molecule has 1 atom stereocenters. The van der Waals surface area contributed by atoms with Gasteiger partial charge >= 0.3 is 0 Å². The first kappa shape index (κ1) is 15.6. The van der Waals surface area contributed by atoms with Crippen LogP contribution in [0.1, 0.15) is 57.1 Å². The molecule has 0 aromatic heterocycles. The summed E-state index contributed by atoms with van der Waals surface area (Å²) in [6.07, 6.45) is 7.06. The highest BCUT2D eigenvalue weighted by Crippen LogP contribution is 2.24. The van der Waals surface area contributed by atoms with E-state index in [-0.39, 0.29) is 11.9 Å². The zero-order valence-electron chi connectivity index (χ0n) is 10.9. The Morgan fingerprint density at radius 2 is 1.94 bits per heavy atom. The molecule has 1 aromatic carbocycles. The average Bonchev–Trinajstić information content (AvgIpc) is 2.32. The Morgan fingerprint density at radius 3 is 2.56 bits per heavy atom. The van der Waals surface area contributed by atoms with E-state index in [0.29, 0.717) is 0 Å². The summed E-state index contributed by atoms with van der Waals surface area (Å²) in [7, 11) is 0. The van der Waals surface area contributed by atoms with Crippen molar-refractivity contribution in [1.29, 1.82) is 0 Å². The quantitative estimate of drug-likeness (QED) is 0.422. The van der Waals surface area contributed by atoms with Crippen LogP contribution in [0.25, 0.3) is 0 Å². The lowest BCUT2D eigenvalue weighted by Gasteiger charge is -2.16. The first-order valence-corrected chi connectivity index (χ1v) is 7.38. The molecule has 18 heavy (non-hydrogen) atoms. The third-order valence-electron chi connectivity index (χ3n) is 3.08. The first-order chi connectivity index (χ1) is 8.67. The topological polar surface area (TPSA) is 38.0 Å². The van der Waals surface area contributed by atoms with Gasteiger partial charge in [0, 0.05) is 10.5 Å². The molecular weight excluding hydrogens is 295 g/mol. The van der Waals surface area contributed by atoms with Crippen LogP contribution in [-0.4, -0.2) is 0 Å². The van der Waals surface area contributed by atoms with Crippen molar-refractivity contribution >= 4 is 15.9 Å². The van der Waals surface area contributed by atoms with Gasteiger partial charge in [0.1, 0.15) is 5.82 Å². The van der Waals surface area contributed by atoms with Crippen molar-refractivity contribution in [2.24, 2.45) is 5.84 Å². The number of rotatable bonds is 8.